The van der Waals surface area contributed by atoms with Crippen molar-refractivity contribution in [2.24, 2.45) is 0 Å². The number of aryl methyl sites for hydroxylation is 1. The summed E-state index contributed by atoms with van der Waals surface area (Å²) < 4.78 is 56.2. The molecule has 1 heterocycles. The van der Waals surface area contributed by atoms with Gasteiger partial charge in [-0.25, -0.2) is 16.8 Å². The first kappa shape index (κ1) is 23.8. The van der Waals surface area contributed by atoms with Crippen molar-refractivity contribution in [3.05, 3.63) is 57.6 Å². The number of nitrogens with one attached hydrogen (secondary N) is 1. The number of sulfonamides is 1. The van der Waals surface area contributed by atoms with Crippen molar-refractivity contribution in [3.8, 4) is 0 Å². The van der Waals surface area contributed by atoms with Gasteiger partial charge >= 0.3 is 0 Å². The van der Waals surface area contributed by atoms with E-state index in [-0.39, 0.29) is 47.3 Å². The van der Waals surface area contributed by atoms with E-state index in [9.17, 15) is 31.7 Å². The molecule has 0 saturated carbocycles. The van der Waals surface area contributed by atoms with E-state index in [0.717, 1.165) is 24.5 Å². The van der Waals surface area contributed by atoms with Crippen LogP contribution in [0.25, 0.3) is 0 Å². The van der Waals surface area contributed by atoms with Gasteiger partial charge in [0.05, 0.1) is 27.9 Å². The summed E-state index contributed by atoms with van der Waals surface area (Å²) in [6, 6.07) is 7.15. The molecular formula is C19H21N3O8S2. The maximum atomic E-state index is 13.0. The van der Waals surface area contributed by atoms with Crippen LogP contribution < -0.4 is 5.32 Å². The lowest BCUT2D eigenvalue weighted by molar-refractivity contribution is -0.385. The Bertz CT molecular complexity index is 1280. The molecule has 0 radical (unpaired) electrons. The van der Waals surface area contributed by atoms with E-state index < -0.39 is 36.4 Å². The van der Waals surface area contributed by atoms with Crippen LogP contribution in [0.1, 0.15) is 15.9 Å². The number of non-ortho nitro benzene ring substituents is 1. The third-order valence-electron chi connectivity index (χ3n) is 4.83. The maximum absolute atomic E-state index is 13.0. The summed E-state index contributed by atoms with van der Waals surface area (Å²) in [6.07, 6.45) is 0.872. The summed E-state index contributed by atoms with van der Waals surface area (Å²) >= 11 is 0. The van der Waals surface area contributed by atoms with Crippen LogP contribution in [0.5, 0.6) is 0 Å². The van der Waals surface area contributed by atoms with Crippen molar-refractivity contribution >= 4 is 37.1 Å². The van der Waals surface area contributed by atoms with Crippen LogP contribution in [0.4, 0.5) is 11.4 Å². The number of carbonyl (C=O) groups excluding carboxylic acids is 1. The van der Waals surface area contributed by atoms with Crippen LogP contribution in [0, 0.1) is 17.0 Å². The second-order valence-corrected chi connectivity index (χ2v) is 11.1. The molecule has 0 bridgehead atoms. The van der Waals surface area contributed by atoms with E-state index in [1.54, 1.807) is 6.92 Å². The smallest absolute Gasteiger partial charge is 0.271 e. The molecule has 1 fully saturated rings. The molecular weight excluding hydrogens is 462 g/mol. The van der Waals surface area contributed by atoms with E-state index in [4.69, 9.17) is 4.74 Å². The van der Waals surface area contributed by atoms with Gasteiger partial charge in [-0.15, -0.1) is 0 Å². The highest BCUT2D eigenvalue weighted by atomic mass is 32.2. The number of hydrogen-bond donors (Lipinski definition) is 1. The quantitative estimate of drug-likeness (QED) is 0.480. The van der Waals surface area contributed by atoms with Crippen LogP contribution >= 0.6 is 0 Å². The number of anilines is 1. The lowest BCUT2D eigenvalue weighted by Gasteiger charge is -2.26. The number of hydrogen-bond acceptors (Lipinski definition) is 8. The van der Waals surface area contributed by atoms with E-state index >= 15 is 0 Å². The first-order valence-corrected chi connectivity index (χ1v) is 12.7. The topological polar surface area (TPSA) is 153 Å². The Labute approximate surface area is 185 Å². The number of nitrogens with zero attached hydrogens (tertiary/aromatic N) is 2. The van der Waals surface area contributed by atoms with E-state index in [2.05, 4.69) is 5.32 Å². The Kier molecular flexibility index (Phi) is 6.64. The minimum Gasteiger partial charge on any atom is -0.379 e. The Morgan fingerprint density at radius 3 is 2.34 bits per heavy atom. The van der Waals surface area contributed by atoms with Crippen LogP contribution in [0.2, 0.25) is 0 Å². The predicted molar refractivity (Wildman–Crippen MR) is 115 cm³/mol. The molecule has 13 heteroatoms. The number of morpholine rings is 1. The predicted octanol–water partition coefficient (Wildman–Crippen LogP) is 1.58. The fraction of sp³-hybridized carbons (Fsp3) is 0.316. The number of benzene rings is 2. The van der Waals surface area contributed by atoms with Crippen molar-refractivity contribution < 1.29 is 31.3 Å². The minimum absolute atomic E-state index is 0.00747. The first-order valence-electron chi connectivity index (χ1n) is 9.39. The van der Waals surface area contributed by atoms with Gasteiger partial charge in [-0.2, -0.15) is 4.31 Å². The molecule has 0 atom stereocenters. The summed E-state index contributed by atoms with van der Waals surface area (Å²) in [5, 5.41) is 13.6. The monoisotopic (exact) mass is 483 g/mol. The fourth-order valence-corrected chi connectivity index (χ4v) is 5.45. The van der Waals surface area contributed by atoms with Gasteiger partial charge in [0.25, 0.3) is 11.6 Å². The Hall–Kier alpha value is -2.87. The molecule has 0 aliphatic carbocycles. The Morgan fingerprint density at radius 1 is 1.09 bits per heavy atom. The average molecular weight is 484 g/mol. The van der Waals surface area contributed by atoms with Gasteiger partial charge in [-0.1, -0.05) is 6.07 Å². The highest BCUT2D eigenvalue weighted by Crippen LogP contribution is 2.26. The molecule has 172 valence electrons. The summed E-state index contributed by atoms with van der Waals surface area (Å²) in [6.45, 7) is 2.60. The zero-order valence-corrected chi connectivity index (χ0v) is 18.9. The number of carbonyl (C=O) groups is 1. The van der Waals surface area contributed by atoms with Crippen LogP contribution in [-0.2, 0) is 24.6 Å². The van der Waals surface area contributed by atoms with Crippen molar-refractivity contribution in [1.82, 2.24) is 4.31 Å². The molecule has 32 heavy (non-hydrogen) atoms. The SMILES string of the molecule is Cc1ccc(NC(=O)c2cc([N+](=O)[O-])cc(S(C)(=O)=O)c2)cc1S(=O)(=O)N1CCOCC1. The van der Waals surface area contributed by atoms with Gasteiger partial charge in [-0.3, -0.25) is 14.9 Å². The van der Waals surface area contributed by atoms with E-state index in [0.29, 0.717) is 5.56 Å². The fourth-order valence-electron chi connectivity index (χ4n) is 3.12. The normalized spacial score (nSPS) is 15.3. The number of rotatable bonds is 6. The standard InChI is InChI=1S/C19H21N3O8S2/c1-13-3-4-15(11-18(13)32(28,29)21-5-7-30-8-6-21)20-19(23)14-9-16(22(24)25)12-17(10-14)31(2,26)27/h3-4,9-12H,5-8H2,1-2H3,(H,20,23). The largest absolute Gasteiger partial charge is 0.379 e. The lowest BCUT2D eigenvalue weighted by Crippen LogP contribution is -2.40. The molecule has 1 amide bonds. The van der Waals surface area contributed by atoms with Crippen molar-refractivity contribution in [3.63, 3.8) is 0 Å². The maximum Gasteiger partial charge on any atom is 0.271 e. The molecule has 3 rings (SSSR count). The van der Waals surface area contributed by atoms with Gasteiger partial charge in [0, 0.05) is 42.7 Å². The van der Waals surface area contributed by atoms with Crippen LogP contribution in [0.3, 0.4) is 0 Å². The molecule has 2 aromatic carbocycles. The van der Waals surface area contributed by atoms with Crippen molar-refractivity contribution in [2.45, 2.75) is 16.7 Å². The van der Waals surface area contributed by atoms with E-state index in [1.807, 2.05) is 0 Å². The highest BCUT2D eigenvalue weighted by Gasteiger charge is 2.28. The van der Waals surface area contributed by atoms with Gasteiger partial charge in [0.1, 0.15) is 0 Å². The summed E-state index contributed by atoms with van der Waals surface area (Å²) in [7, 11) is -7.64. The second kappa shape index (κ2) is 8.94. The molecule has 0 unspecified atom stereocenters. The number of ether oxygens (including phenoxy) is 1. The molecule has 1 saturated heterocycles. The molecule has 2 aromatic rings. The molecule has 0 spiro atoms. The Morgan fingerprint density at radius 2 is 1.75 bits per heavy atom. The van der Waals surface area contributed by atoms with Crippen LogP contribution in [-0.4, -0.2) is 64.5 Å². The van der Waals surface area contributed by atoms with Crippen molar-refractivity contribution in [1.29, 1.82) is 0 Å². The summed E-state index contributed by atoms with van der Waals surface area (Å²) in [5.74, 6) is -0.822. The molecule has 11 nitrogen and oxygen atoms in total. The number of nitro benzene ring substituents is 1. The van der Waals surface area contributed by atoms with Crippen molar-refractivity contribution in [2.75, 3.05) is 37.9 Å². The van der Waals surface area contributed by atoms with Gasteiger partial charge in [0.15, 0.2) is 9.84 Å². The first-order chi connectivity index (χ1) is 14.9. The van der Waals surface area contributed by atoms with Gasteiger partial charge < -0.3 is 10.1 Å². The van der Waals surface area contributed by atoms with Crippen LogP contribution in [0.15, 0.2) is 46.2 Å². The highest BCUT2D eigenvalue weighted by molar-refractivity contribution is 7.90. The zero-order chi connectivity index (χ0) is 23.7. The van der Waals surface area contributed by atoms with Gasteiger partial charge in [-0.05, 0) is 30.7 Å². The average Bonchev–Trinajstić information content (AvgIpc) is 2.74. The Balaban J connectivity index is 1.95. The number of sulfone groups is 1. The summed E-state index contributed by atoms with van der Waals surface area (Å²) in [5.41, 5.74) is -0.195. The minimum atomic E-state index is -3.83. The molecule has 1 aliphatic heterocycles. The third kappa shape index (κ3) is 5.12. The molecule has 1 aliphatic rings. The lowest BCUT2D eigenvalue weighted by atomic mass is 10.1. The van der Waals surface area contributed by atoms with E-state index in [1.165, 1.54) is 22.5 Å². The molecule has 1 N–H and O–H groups in total. The second-order valence-electron chi connectivity index (χ2n) is 7.20. The molecule has 0 aromatic heterocycles. The third-order valence-corrected chi connectivity index (χ3v) is 7.96. The number of nitro groups is 1. The zero-order valence-electron chi connectivity index (χ0n) is 17.3. The van der Waals surface area contributed by atoms with Gasteiger partial charge in [0.2, 0.25) is 10.0 Å². The summed E-state index contributed by atoms with van der Waals surface area (Å²) in [4.78, 5) is 22.7. The number of amides is 1.